The molecule has 1 aromatic carbocycles. The fourth-order valence-electron chi connectivity index (χ4n) is 4.81. The van der Waals surface area contributed by atoms with Gasteiger partial charge in [-0.1, -0.05) is 12.1 Å². The molecule has 0 unspecified atom stereocenters. The first-order chi connectivity index (χ1) is 16.6. The summed E-state index contributed by atoms with van der Waals surface area (Å²) >= 11 is 1.68. The van der Waals surface area contributed by atoms with Gasteiger partial charge in [0.25, 0.3) is 5.91 Å². The minimum Gasteiger partial charge on any atom is -0.353 e. The van der Waals surface area contributed by atoms with Crippen LogP contribution in [0.1, 0.15) is 27.9 Å². The molecular weight excluding hydrogens is 454 g/mol. The normalized spacial score (nSPS) is 19.2. The van der Waals surface area contributed by atoms with Crippen molar-refractivity contribution in [2.24, 2.45) is 0 Å². The van der Waals surface area contributed by atoms with Crippen molar-refractivity contribution < 1.29 is 14.4 Å². The van der Waals surface area contributed by atoms with E-state index >= 15 is 0 Å². The summed E-state index contributed by atoms with van der Waals surface area (Å²) in [4.78, 5) is 50.1. The number of nitrogens with zero attached hydrogens (tertiary/aromatic N) is 6. The first-order valence-corrected chi connectivity index (χ1v) is 12.2. The number of amides is 4. The summed E-state index contributed by atoms with van der Waals surface area (Å²) < 4.78 is 1.13. The molecule has 2 fully saturated rings. The van der Waals surface area contributed by atoms with Gasteiger partial charge in [0.15, 0.2) is 0 Å². The van der Waals surface area contributed by atoms with Crippen molar-refractivity contribution in [3.63, 3.8) is 0 Å². The van der Waals surface area contributed by atoms with Gasteiger partial charge in [-0.25, -0.2) is 24.8 Å². The zero-order valence-electron chi connectivity index (χ0n) is 18.4. The molecule has 4 amide bonds. The molecule has 11 heteroatoms. The van der Waals surface area contributed by atoms with Crippen molar-refractivity contribution in [1.29, 1.82) is 0 Å². The molecule has 2 aromatic heterocycles. The van der Waals surface area contributed by atoms with Gasteiger partial charge >= 0.3 is 6.03 Å². The summed E-state index contributed by atoms with van der Waals surface area (Å²) in [6, 6.07) is 7.39. The number of carbonyl (C=O) groups is 3. The number of benzene rings is 1. The topological polar surface area (TPSA) is 102 Å². The average molecular weight is 478 g/mol. The lowest BCUT2D eigenvalue weighted by atomic mass is 10.1. The van der Waals surface area contributed by atoms with Crippen LogP contribution in [-0.2, 0) is 17.9 Å². The molecule has 0 radical (unpaired) electrons. The monoisotopic (exact) mass is 477 g/mol. The number of hydrazine groups is 1. The van der Waals surface area contributed by atoms with Crippen LogP contribution in [-0.4, -0.2) is 75.5 Å². The smallest absolute Gasteiger partial charge is 0.342 e. The molecule has 10 nitrogen and oxygen atoms in total. The molecule has 34 heavy (non-hydrogen) atoms. The van der Waals surface area contributed by atoms with E-state index in [2.05, 4.69) is 36.5 Å². The number of thiophene rings is 1. The maximum Gasteiger partial charge on any atom is 0.342 e. The molecule has 0 spiro atoms. The van der Waals surface area contributed by atoms with E-state index in [1.165, 1.54) is 10.0 Å². The van der Waals surface area contributed by atoms with Crippen molar-refractivity contribution in [2.45, 2.75) is 19.5 Å². The highest BCUT2D eigenvalue weighted by atomic mass is 32.1. The van der Waals surface area contributed by atoms with E-state index in [1.807, 2.05) is 18.2 Å². The zero-order valence-corrected chi connectivity index (χ0v) is 19.3. The van der Waals surface area contributed by atoms with Gasteiger partial charge in [-0.2, -0.15) is 0 Å². The highest BCUT2D eigenvalue weighted by Crippen LogP contribution is 2.29. The van der Waals surface area contributed by atoms with Crippen LogP contribution in [0.2, 0.25) is 0 Å². The zero-order chi connectivity index (χ0) is 23.2. The molecule has 0 saturated carbocycles. The highest BCUT2D eigenvalue weighted by molar-refractivity contribution is 7.17. The molecule has 174 valence electrons. The molecule has 2 saturated heterocycles. The first-order valence-electron chi connectivity index (χ1n) is 11.3. The van der Waals surface area contributed by atoms with Gasteiger partial charge in [0.05, 0.1) is 23.3 Å². The second-order valence-corrected chi connectivity index (χ2v) is 9.59. The van der Waals surface area contributed by atoms with E-state index in [-0.39, 0.29) is 24.8 Å². The number of carbonyl (C=O) groups excluding carboxylic acids is 3. The standard InChI is InChI=1S/C23H23N7O3S/c31-19-3-5-29(23(33)26-19)30-13-16-11-15(1-2-17(16)22(30)32)12-27-6-8-28(9-7-27)21-20-18(4-10-34-20)24-14-25-21/h1-2,4,10-11,14H,3,5-9,12-13H2,(H,26,31,33). The number of imide groups is 1. The maximum atomic E-state index is 12.9. The molecule has 0 aliphatic carbocycles. The molecule has 0 atom stereocenters. The van der Waals surface area contributed by atoms with Gasteiger partial charge in [0.2, 0.25) is 5.91 Å². The lowest BCUT2D eigenvalue weighted by Gasteiger charge is -2.35. The molecule has 3 aliphatic rings. The molecular formula is C23H23N7O3S. The Morgan fingerprint density at radius 1 is 0.971 bits per heavy atom. The minimum atomic E-state index is -0.543. The summed E-state index contributed by atoms with van der Waals surface area (Å²) in [5, 5.41) is 7.10. The Hall–Kier alpha value is -3.57. The SMILES string of the molecule is O=C1CCN(N2Cc3cc(CN4CCN(c5ncnc6ccsc56)CC4)ccc3C2=O)C(=O)N1. The van der Waals surface area contributed by atoms with Crippen molar-refractivity contribution >= 4 is 45.2 Å². The summed E-state index contributed by atoms with van der Waals surface area (Å²) in [7, 11) is 0. The second-order valence-electron chi connectivity index (χ2n) is 8.68. The van der Waals surface area contributed by atoms with Crippen molar-refractivity contribution in [3.8, 4) is 0 Å². The third kappa shape index (κ3) is 3.66. The summed E-state index contributed by atoms with van der Waals surface area (Å²) in [5.41, 5.74) is 3.66. The molecule has 3 aliphatic heterocycles. The molecule has 0 bridgehead atoms. The Labute approximate surface area is 199 Å². The molecule has 1 N–H and O–H groups in total. The fraction of sp³-hybridized carbons (Fsp3) is 0.348. The number of aromatic nitrogens is 2. The number of rotatable bonds is 4. The van der Waals surface area contributed by atoms with Crippen LogP contribution in [0.25, 0.3) is 10.2 Å². The summed E-state index contributed by atoms with van der Waals surface area (Å²) in [5.74, 6) is 0.496. The van der Waals surface area contributed by atoms with Crippen molar-refractivity contribution in [1.82, 2.24) is 30.2 Å². The third-order valence-electron chi connectivity index (χ3n) is 6.58. The Balaban J connectivity index is 1.10. The van der Waals surface area contributed by atoms with Gasteiger partial charge < -0.3 is 4.90 Å². The van der Waals surface area contributed by atoms with Crippen molar-refractivity contribution in [2.75, 3.05) is 37.6 Å². The minimum absolute atomic E-state index is 0.191. The Morgan fingerprint density at radius 2 is 1.82 bits per heavy atom. The van der Waals surface area contributed by atoms with E-state index in [9.17, 15) is 14.4 Å². The molecule has 6 rings (SSSR count). The number of piperazine rings is 1. The van der Waals surface area contributed by atoms with Crippen LogP contribution in [0.3, 0.4) is 0 Å². The van der Waals surface area contributed by atoms with E-state index in [1.54, 1.807) is 17.7 Å². The number of fused-ring (bicyclic) bond motifs is 2. The van der Waals surface area contributed by atoms with E-state index < -0.39 is 6.03 Å². The molecule has 5 heterocycles. The quantitative estimate of drug-likeness (QED) is 0.612. The predicted molar refractivity (Wildman–Crippen MR) is 126 cm³/mol. The second kappa shape index (κ2) is 8.33. The van der Waals surface area contributed by atoms with Gasteiger partial charge in [-0.05, 0) is 28.6 Å². The van der Waals surface area contributed by atoms with Crippen molar-refractivity contribution in [3.05, 3.63) is 52.7 Å². The Bertz CT molecular complexity index is 1300. The van der Waals surface area contributed by atoms with Crippen LogP contribution in [0.15, 0.2) is 36.0 Å². The number of hydrogen-bond donors (Lipinski definition) is 1. The largest absolute Gasteiger partial charge is 0.353 e. The Morgan fingerprint density at radius 3 is 2.65 bits per heavy atom. The number of nitrogens with one attached hydrogen (secondary N) is 1. The summed E-state index contributed by atoms with van der Waals surface area (Å²) in [6.45, 7) is 4.97. The van der Waals surface area contributed by atoms with Gasteiger partial charge in [0, 0.05) is 44.7 Å². The number of anilines is 1. The van der Waals surface area contributed by atoms with Gasteiger partial charge in [0.1, 0.15) is 12.1 Å². The molecule has 3 aromatic rings. The summed E-state index contributed by atoms with van der Waals surface area (Å²) in [6.07, 6.45) is 1.83. The predicted octanol–water partition coefficient (Wildman–Crippen LogP) is 1.83. The van der Waals surface area contributed by atoms with Crippen LogP contribution in [0.4, 0.5) is 10.6 Å². The van der Waals surface area contributed by atoms with Gasteiger partial charge in [-0.15, -0.1) is 11.3 Å². The van der Waals surface area contributed by atoms with Crippen LogP contribution in [0, 0.1) is 0 Å². The first kappa shape index (κ1) is 21.0. The van der Waals surface area contributed by atoms with Crippen LogP contribution >= 0.6 is 11.3 Å². The van der Waals surface area contributed by atoms with E-state index in [0.717, 1.165) is 59.9 Å². The van der Waals surface area contributed by atoms with E-state index in [4.69, 9.17) is 0 Å². The highest BCUT2D eigenvalue weighted by Gasteiger charge is 2.37. The Kier molecular flexibility index (Phi) is 5.15. The maximum absolute atomic E-state index is 12.9. The van der Waals surface area contributed by atoms with E-state index in [0.29, 0.717) is 12.1 Å². The van der Waals surface area contributed by atoms with Crippen LogP contribution < -0.4 is 10.2 Å². The lowest BCUT2D eigenvalue weighted by molar-refractivity contribution is -0.123. The number of hydrogen-bond acceptors (Lipinski definition) is 8. The van der Waals surface area contributed by atoms with Gasteiger partial charge in [-0.3, -0.25) is 19.8 Å². The average Bonchev–Trinajstić information content (AvgIpc) is 3.44. The number of urea groups is 1. The third-order valence-corrected chi connectivity index (χ3v) is 7.48. The lowest BCUT2D eigenvalue weighted by Crippen LogP contribution is -2.56. The fourth-order valence-corrected chi connectivity index (χ4v) is 5.68. The van der Waals surface area contributed by atoms with Crippen LogP contribution in [0.5, 0.6) is 0 Å².